The van der Waals surface area contributed by atoms with Crippen LogP contribution in [-0.2, 0) is 0 Å². The molecule has 2 aromatic rings. The Morgan fingerprint density at radius 2 is 1.78 bits per heavy atom. The molecule has 1 N–H and O–H groups in total. The number of rotatable bonds is 4. The van der Waals surface area contributed by atoms with Gasteiger partial charge in [-0.2, -0.15) is 4.98 Å². The number of nitrogens with one attached hydrogen (secondary N) is 1. The van der Waals surface area contributed by atoms with Gasteiger partial charge >= 0.3 is 0 Å². The van der Waals surface area contributed by atoms with Crippen LogP contribution in [0.25, 0.3) is 0 Å². The monoisotopic (exact) mass is 309 g/mol. The first-order chi connectivity index (χ1) is 11.4. The Morgan fingerprint density at radius 3 is 2.61 bits per heavy atom. The van der Waals surface area contributed by atoms with Crippen molar-refractivity contribution >= 4 is 17.5 Å². The van der Waals surface area contributed by atoms with Crippen LogP contribution in [0.4, 0.5) is 17.5 Å². The minimum absolute atomic E-state index is 0.455. The van der Waals surface area contributed by atoms with Crippen LogP contribution < -0.4 is 15.1 Å². The molecule has 0 radical (unpaired) electrons. The third-order valence-corrected chi connectivity index (χ3v) is 4.67. The summed E-state index contributed by atoms with van der Waals surface area (Å²) in [4.78, 5) is 13.9. The molecule has 0 spiro atoms. The van der Waals surface area contributed by atoms with Gasteiger partial charge in [0.15, 0.2) is 0 Å². The molecule has 1 atom stereocenters. The standard InChI is InChI=1S/C18H23N5/c1-2-6-15(7-3-1)20-16-9-13-23(14-16)18-19-10-8-17(21-18)22-11-4-5-12-22/h1-3,6-8,10,16,20H,4-5,9,11-14H2/t16-/m1/s1. The Labute approximate surface area is 137 Å². The van der Waals surface area contributed by atoms with E-state index in [-0.39, 0.29) is 0 Å². The summed E-state index contributed by atoms with van der Waals surface area (Å²) in [6, 6.07) is 12.9. The molecule has 0 saturated carbocycles. The first kappa shape index (κ1) is 14.3. The zero-order valence-corrected chi connectivity index (χ0v) is 13.4. The van der Waals surface area contributed by atoms with Crippen molar-refractivity contribution in [1.82, 2.24) is 9.97 Å². The highest BCUT2D eigenvalue weighted by atomic mass is 15.3. The quantitative estimate of drug-likeness (QED) is 0.941. The molecule has 1 aromatic carbocycles. The maximum absolute atomic E-state index is 4.79. The summed E-state index contributed by atoms with van der Waals surface area (Å²) >= 11 is 0. The second-order valence-corrected chi connectivity index (χ2v) is 6.35. The molecular weight excluding hydrogens is 286 g/mol. The molecule has 5 heteroatoms. The minimum atomic E-state index is 0.455. The fourth-order valence-electron chi connectivity index (χ4n) is 3.44. The lowest BCUT2D eigenvalue weighted by molar-refractivity contribution is 0.803. The predicted octanol–water partition coefficient (Wildman–Crippen LogP) is 2.77. The first-order valence-corrected chi connectivity index (χ1v) is 8.53. The maximum Gasteiger partial charge on any atom is 0.227 e. The van der Waals surface area contributed by atoms with Crippen molar-refractivity contribution in [3.05, 3.63) is 42.6 Å². The van der Waals surface area contributed by atoms with Crippen molar-refractivity contribution in [2.45, 2.75) is 25.3 Å². The number of para-hydroxylation sites is 1. The van der Waals surface area contributed by atoms with Gasteiger partial charge in [-0.3, -0.25) is 0 Å². The van der Waals surface area contributed by atoms with E-state index in [2.05, 4.69) is 44.4 Å². The van der Waals surface area contributed by atoms with E-state index in [1.165, 1.54) is 18.5 Å². The smallest absolute Gasteiger partial charge is 0.227 e. The second-order valence-electron chi connectivity index (χ2n) is 6.35. The number of hydrogen-bond donors (Lipinski definition) is 1. The number of anilines is 3. The van der Waals surface area contributed by atoms with E-state index < -0.39 is 0 Å². The Bertz CT molecular complexity index is 639. The fourth-order valence-corrected chi connectivity index (χ4v) is 3.44. The molecule has 3 heterocycles. The Morgan fingerprint density at radius 1 is 0.957 bits per heavy atom. The molecule has 23 heavy (non-hydrogen) atoms. The third kappa shape index (κ3) is 3.23. The van der Waals surface area contributed by atoms with Gasteiger partial charge in [-0.25, -0.2) is 4.98 Å². The van der Waals surface area contributed by atoms with Crippen LogP contribution in [0.1, 0.15) is 19.3 Å². The van der Waals surface area contributed by atoms with Gasteiger partial charge in [0.1, 0.15) is 5.82 Å². The lowest BCUT2D eigenvalue weighted by Crippen LogP contribution is -2.28. The second kappa shape index (κ2) is 6.44. The number of benzene rings is 1. The van der Waals surface area contributed by atoms with Crippen LogP contribution in [0, 0.1) is 0 Å². The summed E-state index contributed by atoms with van der Waals surface area (Å²) in [5.41, 5.74) is 1.19. The largest absolute Gasteiger partial charge is 0.380 e. The van der Waals surface area contributed by atoms with Crippen LogP contribution in [0.5, 0.6) is 0 Å². The van der Waals surface area contributed by atoms with Crippen molar-refractivity contribution in [1.29, 1.82) is 0 Å². The van der Waals surface area contributed by atoms with E-state index >= 15 is 0 Å². The van der Waals surface area contributed by atoms with Gasteiger partial charge in [0.05, 0.1) is 0 Å². The van der Waals surface area contributed by atoms with Crippen molar-refractivity contribution in [2.24, 2.45) is 0 Å². The van der Waals surface area contributed by atoms with Crippen LogP contribution in [0.15, 0.2) is 42.6 Å². The van der Waals surface area contributed by atoms with Crippen molar-refractivity contribution in [2.75, 3.05) is 41.3 Å². The molecule has 0 amide bonds. The highest BCUT2D eigenvalue weighted by Gasteiger charge is 2.25. The van der Waals surface area contributed by atoms with Crippen molar-refractivity contribution < 1.29 is 0 Å². The molecule has 4 rings (SSSR count). The minimum Gasteiger partial charge on any atom is -0.380 e. The molecule has 1 aromatic heterocycles. The van der Waals surface area contributed by atoms with Gasteiger partial charge in [-0.15, -0.1) is 0 Å². The summed E-state index contributed by atoms with van der Waals surface area (Å²) in [6.45, 7) is 4.20. The molecule has 2 aliphatic rings. The van der Waals surface area contributed by atoms with Crippen LogP contribution >= 0.6 is 0 Å². The fraction of sp³-hybridized carbons (Fsp3) is 0.444. The van der Waals surface area contributed by atoms with Crippen molar-refractivity contribution in [3.8, 4) is 0 Å². The average Bonchev–Trinajstić information content (AvgIpc) is 3.28. The van der Waals surface area contributed by atoms with Crippen LogP contribution in [0.2, 0.25) is 0 Å². The van der Waals surface area contributed by atoms with Crippen LogP contribution in [0.3, 0.4) is 0 Å². The summed E-state index contributed by atoms with van der Waals surface area (Å²) in [7, 11) is 0. The highest BCUT2D eigenvalue weighted by molar-refractivity contribution is 5.47. The molecule has 2 fully saturated rings. The van der Waals surface area contributed by atoms with Gasteiger partial charge in [-0.05, 0) is 37.5 Å². The Balaban J connectivity index is 1.42. The van der Waals surface area contributed by atoms with E-state index in [4.69, 9.17) is 4.98 Å². The molecule has 0 unspecified atom stereocenters. The van der Waals surface area contributed by atoms with Gasteiger partial charge < -0.3 is 15.1 Å². The number of hydrogen-bond acceptors (Lipinski definition) is 5. The van der Waals surface area contributed by atoms with Gasteiger partial charge in [0, 0.05) is 44.1 Å². The van der Waals surface area contributed by atoms with Gasteiger partial charge in [-0.1, -0.05) is 18.2 Å². The molecular formula is C18H23N5. The van der Waals surface area contributed by atoms with E-state index in [1.807, 2.05) is 18.3 Å². The molecule has 2 aliphatic heterocycles. The summed E-state index contributed by atoms with van der Waals surface area (Å²) in [5.74, 6) is 1.94. The average molecular weight is 309 g/mol. The van der Waals surface area contributed by atoms with Crippen molar-refractivity contribution in [3.63, 3.8) is 0 Å². The maximum atomic E-state index is 4.79. The SMILES string of the molecule is c1ccc(N[C@@H]2CCN(c3nccc(N4CCCC4)n3)C2)cc1. The molecule has 0 aliphatic carbocycles. The van der Waals surface area contributed by atoms with Gasteiger partial charge in [0.25, 0.3) is 0 Å². The first-order valence-electron chi connectivity index (χ1n) is 8.53. The predicted molar refractivity (Wildman–Crippen MR) is 94.2 cm³/mol. The third-order valence-electron chi connectivity index (χ3n) is 4.67. The van der Waals surface area contributed by atoms with E-state index in [0.29, 0.717) is 6.04 Å². The number of nitrogens with zero attached hydrogens (tertiary/aromatic N) is 4. The molecule has 5 nitrogen and oxygen atoms in total. The summed E-state index contributed by atoms with van der Waals surface area (Å²) < 4.78 is 0. The highest BCUT2D eigenvalue weighted by Crippen LogP contribution is 2.23. The van der Waals surface area contributed by atoms with E-state index in [1.54, 1.807) is 0 Å². The molecule has 2 saturated heterocycles. The molecule has 0 bridgehead atoms. The van der Waals surface area contributed by atoms with Gasteiger partial charge in [0.2, 0.25) is 5.95 Å². The number of aromatic nitrogens is 2. The topological polar surface area (TPSA) is 44.3 Å². The Kier molecular flexibility index (Phi) is 4.01. The lowest BCUT2D eigenvalue weighted by atomic mass is 10.2. The summed E-state index contributed by atoms with van der Waals surface area (Å²) in [6.07, 6.45) is 5.55. The van der Waals surface area contributed by atoms with E-state index in [9.17, 15) is 0 Å². The van der Waals surface area contributed by atoms with E-state index in [0.717, 1.165) is 44.4 Å². The molecule has 120 valence electrons. The summed E-state index contributed by atoms with van der Waals surface area (Å²) in [5, 5.41) is 3.60. The normalized spacial score (nSPS) is 21.0. The zero-order chi connectivity index (χ0) is 15.5. The Hall–Kier alpha value is -2.30. The lowest BCUT2D eigenvalue weighted by Gasteiger charge is -2.21. The van der Waals surface area contributed by atoms with Crippen LogP contribution in [-0.4, -0.2) is 42.2 Å². The zero-order valence-electron chi connectivity index (χ0n) is 13.4.